The number of rotatable bonds is 5. The highest BCUT2D eigenvalue weighted by atomic mass is 35.5. The summed E-state index contributed by atoms with van der Waals surface area (Å²) in [6.45, 7) is 0. The van der Waals surface area contributed by atoms with Crippen molar-refractivity contribution in [2.24, 2.45) is 5.92 Å². The van der Waals surface area contributed by atoms with Gasteiger partial charge >= 0.3 is 0 Å². The van der Waals surface area contributed by atoms with Gasteiger partial charge in [-0.2, -0.15) is 0 Å². The molecule has 0 spiro atoms. The zero-order valence-corrected chi connectivity index (χ0v) is 15.2. The summed E-state index contributed by atoms with van der Waals surface area (Å²) < 4.78 is 0. The molecule has 0 amide bonds. The van der Waals surface area contributed by atoms with Crippen LogP contribution in [-0.4, -0.2) is 5.78 Å². The monoisotopic (exact) mass is 360 g/mol. The van der Waals surface area contributed by atoms with Crippen LogP contribution in [0, 0.1) is 5.92 Å². The van der Waals surface area contributed by atoms with Crippen molar-refractivity contribution in [2.75, 3.05) is 0 Å². The maximum atomic E-state index is 12.5. The predicted molar refractivity (Wildman–Crippen MR) is 101 cm³/mol. The third-order valence-corrected chi connectivity index (χ3v) is 5.79. The number of Topliss-reactive ketones (excluding diaryl/α,β-unsaturated/α-hetero) is 1. The third kappa shape index (κ3) is 4.20. The van der Waals surface area contributed by atoms with E-state index >= 15 is 0 Å². The Labute approximate surface area is 154 Å². The third-order valence-electron chi connectivity index (χ3n) is 5.05. The molecule has 24 heavy (non-hydrogen) atoms. The van der Waals surface area contributed by atoms with E-state index in [0.717, 1.165) is 37.7 Å². The average Bonchev–Trinajstić information content (AvgIpc) is 2.60. The highest BCUT2D eigenvalue weighted by Gasteiger charge is 2.31. The molecule has 0 heterocycles. The van der Waals surface area contributed by atoms with E-state index in [1.807, 2.05) is 24.3 Å². The molecule has 3 rings (SSSR count). The van der Waals surface area contributed by atoms with E-state index in [-0.39, 0.29) is 11.8 Å². The van der Waals surface area contributed by atoms with Gasteiger partial charge in [0.05, 0.1) is 10.0 Å². The SMILES string of the molecule is O=C1CCCCC1C(CCc1ccccc1)c1ccc(Cl)c(Cl)c1. The molecular formula is C21H22Cl2O. The van der Waals surface area contributed by atoms with Crippen LogP contribution in [0.5, 0.6) is 0 Å². The maximum absolute atomic E-state index is 12.5. The van der Waals surface area contributed by atoms with Crippen molar-refractivity contribution in [2.45, 2.75) is 44.4 Å². The molecule has 0 saturated heterocycles. The molecule has 1 aliphatic rings. The predicted octanol–water partition coefficient (Wildman–Crippen LogP) is 6.47. The van der Waals surface area contributed by atoms with Gasteiger partial charge in [-0.3, -0.25) is 4.79 Å². The lowest BCUT2D eigenvalue weighted by molar-refractivity contribution is -0.125. The Bertz CT molecular complexity index is 696. The molecule has 0 radical (unpaired) electrons. The van der Waals surface area contributed by atoms with Crippen molar-refractivity contribution in [1.82, 2.24) is 0 Å². The molecule has 1 fully saturated rings. The fourth-order valence-electron chi connectivity index (χ4n) is 3.75. The number of carbonyl (C=O) groups excluding carboxylic acids is 1. The fourth-order valence-corrected chi connectivity index (χ4v) is 4.05. The lowest BCUT2D eigenvalue weighted by Gasteiger charge is -2.30. The summed E-state index contributed by atoms with van der Waals surface area (Å²) >= 11 is 12.3. The van der Waals surface area contributed by atoms with Gasteiger partial charge in [0.2, 0.25) is 0 Å². The Morgan fingerprint density at radius 1 is 1.00 bits per heavy atom. The Hall–Kier alpha value is -1.31. The van der Waals surface area contributed by atoms with Crippen LogP contribution in [0.1, 0.15) is 49.1 Å². The van der Waals surface area contributed by atoms with Gasteiger partial charge in [-0.15, -0.1) is 0 Å². The van der Waals surface area contributed by atoms with Gasteiger partial charge in [-0.25, -0.2) is 0 Å². The van der Waals surface area contributed by atoms with E-state index in [0.29, 0.717) is 22.2 Å². The van der Waals surface area contributed by atoms with Crippen LogP contribution in [0.4, 0.5) is 0 Å². The zero-order chi connectivity index (χ0) is 16.9. The Kier molecular flexibility index (Phi) is 5.97. The fraction of sp³-hybridized carbons (Fsp3) is 0.381. The molecule has 2 aromatic carbocycles. The summed E-state index contributed by atoms with van der Waals surface area (Å²) in [6.07, 6.45) is 5.79. The molecule has 126 valence electrons. The largest absolute Gasteiger partial charge is 0.299 e. The first-order valence-electron chi connectivity index (χ1n) is 8.67. The van der Waals surface area contributed by atoms with Crippen LogP contribution in [-0.2, 0) is 11.2 Å². The first-order valence-corrected chi connectivity index (χ1v) is 9.42. The standard InChI is InChI=1S/C21H22Cl2O/c22-19-13-11-16(14-20(19)23)17(18-8-4-5-9-21(18)24)12-10-15-6-2-1-3-7-15/h1-3,6-7,11,13-14,17-18H,4-5,8-10,12H2. The number of hydrogen-bond acceptors (Lipinski definition) is 1. The van der Waals surface area contributed by atoms with Crippen molar-refractivity contribution in [3.05, 3.63) is 69.7 Å². The molecule has 1 aliphatic carbocycles. The quantitative estimate of drug-likeness (QED) is 0.596. The molecule has 1 nitrogen and oxygen atoms in total. The maximum Gasteiger partial charge on any atom is 0.136 e. The van der Waals surface area contributed by atoms with E-state index in [9.17, 15) is 4.79 Å². The summed E-state index contributed by atoms with van der Waals surface area (Å²) in [5.74, 6) is 0.734. The second kappa shape index (κ2) is 8.18. The first-order chi connectivity index (χ1) is 11.6. The summed E-state index contributed by atoms with van der Waals surface area (Å²) in [5.41, 5.74) is 2.45. The van der Waals surface area contributed by atoms with Gasteiger partial charge in [0.1, 0.15) is 5.78 Å². The van der Waals surface area contributed by atoms with Crippen LogP contribution in [0.2, 0.25) is 10.0 Å². The Morgan fingerprint density at radius 2 is 1.79 bits per heavy atom. The van der Waals surface area contributed by atoms with Crippen LogP contribution in [0.15, 0.2) is 48.5 Å². The number of aryl methyl sites for hydroxylation is 1. The number of benzene rings is 2. The molecule has 0 bridgehead atoms. The van der Waals surface area contributed by atoms with Crippen molar-refractivity contribution in [1.29, 1.82) is 0 Å². The van der Waals surface area contributed by atoms with E-state index < -0.39 is 0 Å². The summed E-state index contributed by atoms with van der Waals surface area (Å²) in [5, 5.41) is 1.14. The number of hydrogen-bond donors (Lipinski definition) is 0. The van der Waals surface area contributed by atoms with E-state index in [4.69, 9.17) is 23.2 Å². The van der Waals surface area contributed by atoms with Gasteiger partial charge in [0, 0.05) is 12.3 Å². The summed E-state index contributed by atoms with van der Waals surface area (Å²) in [7, 11) is 0. The molecule has 2 unspecified atom stereocenters. The Morgan fingerprint density at radius 3 is 2.50 bits per heavy atom. The first kappa shape index (κ1) is 17.5. The molecule has 1 saturated carbocycles. The molecule has 0 aliphatic heterocycles. The summed E-state index contributed by atoms with van der Waals surface area (Å²) in [4.78, 5) is 12.5. The topological polar surface area (TPSA) is 17.1 Å². The lowest BCUT2D eigenvalue weighted by Crippen LogP contribution is -2.26. The van der Waals surface area contributed by atoms with Gasteiger partial charge in [0.25, 0.3) is 0 Å². The molecule has 0 aromatic heterocycles. The van der Waals surface area contributed by atoms with Crippen LogP contribution in [0.3, 0.4) is 0 Å². The van der Waals surface area contributed by atoms with Crippen molar-refractivity contribution >= 4 is 29.0 Å². The average molecular weight is 361 g/mol. The highest BCUT2D eigenvalue weighted by molar-refractivity contribution is 6.42. The Balaban J connectivity index is 1.84. The van der Waals surface area contributed by atoms with Gasteiger partial charge < -0.3 is 0 Å². The minimum Gasteiger partial charge on any atom is -0.299 e. The van der Waals surface area contributed by atoms with Crippen molar-refractivity contribution < 1.29 is 4.79 Å². The van der Waals surface area contributed by atoms with Crippen molar-refractivity contribution in [3.8, 4) is 0 Å². The summed E-state index contributed by atoms with van der Waals surface area (Å²) in [6, 6.07) is 16.3. The zero-order valence-electron chi connectivity index (χ0n) is 13.7. The second-order valence-electron chi connectivity index (χ2n) is 6.62. The second-order valence-corrected chi connectivity index (χ2v) is 7.44. The molecular weight excluding hydrogens is 339 g/mol. The minimum absolute atomic E-state index is 0.111. The van der Waals surface area contributed by atoms with Crippen molar-refractivity contribution in [3.63, 3.8) is 0 Å². The molecule has 3 heteroatoms. The lowest BCUT2D eigenvalue weighted by atomic mass is 9.74. The normalized spacial score (nSPS) is 19.2. The number of ketones is 1. The van der Waals surface area contributed by atoms with Crippen LogP contribution in [0.25, 0.3) is 0 Å². The van der Waals surface area contributed by atoms with Gasteiger partial charge in [-0.05, 0) is 54.9 Å². The van der Waals surface area contributed by atoms with E-state index in [2.05, 4.69) is 24.3 Å². The van der Waals surface area contributed by atoms with Crippen LogP contribution >= 0.6 is 23.2 Å². The minimum atomic E-state index is 0.111. The number of halogens is 2. The van der Waals surface area contributed by atoms with Crippen LogP contribution < -0.4 is 0 Å². The number of carbonyl (C=O) groups is 1. The van der Waals surface area contributed by atoms with E-state index in [1.165, 1.54) is 5.56 Å². The van der Waals surface area contributed by atoms with Gasteiger partial charge in [0.15, 0.2) is 0 Å². The molecule has 0 N–H and O–H groups in total. The smallest absolute Gasteiger partial charge is 0.136 e. The van der Waals surface area contributed by atoms with E-state index in [1.54, 1.807) is 0 Å². The molecule has 2 aromatic rings. The highest BCUT2D eigenvalue weighted by Crippen LogP contribution is 2.38. The molecule has 2 atom stereocenters. The van der Waals surface area contributed by atoms with Gasteiger partial charge in [-0.1, -0.05) is 66.0 Å².